The monoisotopic (exact) mass is 393 g/mol. The van der Waals surface area contributed by atoms with Crippen molar-refractivity contribution < 1.29 is 14.3 Å². The Balaban J connectivity index is 1.75. The highest BCUT2D eigenvalue weighted by molar-refractivity contribution is 6.15. The van der Waals surface area contributed by atoms with Crippen LogP contribution in [0, 0.1) is 0 Å². The van der Waals surface area contributed by atoms with Crippen LogP contribution in [-0.4, -0.2) is 51.7 Å². The number of amides is 2. The van der Waals surface area contributed by atoms with Crippen LogP contribution in [-0.2, 0) is 14.3 Å². The number of aromatic nitrogens is 4. The van der Waals surface area contributed by atoms with Crippen LogP contribution >= 0.6 is 0 Å². The quantitative estimate of drug-likeness (QED) is 0.312. The van der Waals surface area contributed by atoms with E-state index in [9.17, 15) is 9.59 Å². The molecule has 3 aromatic rings. The number of carbonyl (C=O) groups is 2. The molecule has 3 heterocycles. The Bertz CT molecular complexity index is 1090. The summed E-state index contributed by atoms with van der Waals surface area (Å²) in [6.07, 6.45) is 3.25. The largest absolute Gasteiger partial charge is 0.383 e. The number of nitrogens with zero attached hydrogens (tertiary/aromatic N) is 4. The molecule has 1 saturated heterocycles. The van der Waals surface area contributed by atoms with Gasteiger partial charge in [-0.15, -0.1) is 0 Å². The minimum Gasteiger partial charge on any atom is -0.383 e. The molecule has 3 N–H and O–H groups in total. The van der Waals surface area contributed by atoms with Gasteiger partial charge in [0.15, 0.2) is 5.65 Å². The first-order valence-corrected chi connectivity index (χ1v) is 8.99. The fraction of sp³-hybridized carbons (Fsp3) is 0.211. The number of methoxy groups -OCH3 is 1. The van der Waals surface area contributed by atoms with Gasteiger partial charge >= 0.3 is 0 Å². The number of nitrogens with one attached hydrogen (secondary N) is 3. The highest BCUT2D eigenvalue weighted by Crippen LogP contribution is 2.22. The van der Waals surface area contributed by atoms with Gasteiger partial charge in [-0.25, -0.2) is 0 Å². The summed E-state index contributed by atoms with van der Waals surface area (Å²) in [5.74, 6) is 0.128. The Hall–Kier alpha value is -3.79. The van der Waals surface area contributed by atoms with Crippen LogP contribution in [0.4, 0.5) is 17.6 Å². The Morgan fingerprint density at radius 1 is 1.24 bits per heavy atom. The summed E-state index contributed by atoms with van der Waals surface area (Å²) in [6.45, 7) is 1.02. The summed E-state index contributed by atoms with van der Waals surface area (Å²) in [5, 5.41) is 13.0. The summed E-state index contributed by atoms with van der Waals surface area (Å²) in [4.78, 5) is 32.4. The molecule has 1 fully saturated rings. The number of anilines is 3. The summed E-state index contributed by atoms with van der Waals surface area (Å²) in [6, 6.07) is 9.56. The molecule has 148 valence electrons. The molecule has 1 aliphatic heterocycles. The van der Waals surface area contributed by atoms with Crippen LogP contribution < -0.4 is 16.0 Å². The third-order valence-electron chi connectivity index (χ3n) is 4.24. The van der Waals surface area contributed by atoms with E-state index in [2.05, 4.69) is 31.0 Å². The molecular weight excluding hydrogens is 374 g/mol. The number of para-hydroxylation sites is 1. The maximum atomic E-state index is 11.9. The number of rotatable bonds is 7. The van der Waals surface area contributed by atoms with E-state index in [1.165, 1.54) is 0 Å². The molecule has 10 heteroatoms. The lowest BCUT2D eigenvalue weighted by atomic mass is 10.1. The summed E-state index contributed by atoms with van der Waals surface area (Å²) in [7, 11) is 1.61. The number of hydrogen-bond acceptors (Lipinski definition) is 8. The van der Waals surface area contributed by atoms with E-state index in [1.54, 1.807) is 23.9 Å². The second-order valence-corrected chi connectivity index (χ2v) is 6.34. The summed E-state index contributed by atoms with van der Waals surface area (Å²) >= 11 is 0. The van der Waals surface area contributed by atoms with Gasteiger partial charge in [-0.3, -0.25) is 14.9 Å². The fourth-order valence-electron chi connectivity index (χ4n) is 2.88. The van der Waals surface area contributed by atoms with Gasteiger partial charge in [-0.05, 0) is 18.2 Å². The van der Waals surface area contributed by atoms with Crippen molar-refractivity contribution in [2.45, 2.75) is 6.42 Å². The molecule has 29 heavy (non-hydrogen) atoms. The van der Waals surface area contributed by atoms with Crippen molar-refractivity contribution in [1.82, 2.24) is 24.9 Å². The van der Waals surface area contributed by atoms with Crippen LogP contribution in [0.5, 0.6) is 0 Å². The van der Waals surface area contributed by atoms with Crippen LogP contribution in [0.25, 0.3) is 11.7 Å². The standard InChI is InChI=1S/C19H19N7O3/c1-29-8-7-20-18-24-16-13(9-12-10-15(27)23-17(12)28)11-21-26(16)19(25-18)22-14-5-3-2-4-6-14/h2-6,9,11H,7-8,10H2,1H3,(H,23,27,28)(H2,20,22,24,25). The Morgan fingerprint density at radius 2 is 2.07 bits per heavy atom. The molecule has 0 atom stereocenters. The molecule has 2 aromatic heterocycles. The van der Waals surface area contributed by atoms with Gasteiger partial charge in [0, 0.05) is 30.5 Å². The minimum absolute atomic E-state index is 0.0370. The average molecular weight is 393 g/mol. The molecule has 4 rings (SSSR count). The lowest BCUT2D eigenvalue weighted by Crippen LogP contribution is -2.19. The Kier molecular flexibility index (Phi) is 5.16. The van der Waals surface area contributed by atoms with Crippen molar-refractivity contribution in [1.29, 1.82) is 0 Å². The maximum absolute atomic E-state index is 11.9. The topological polar surface area (TPSA) is 123 Å². The number of benzene rings is 1. The number of hydrogen-bond donors (Lipinski definition) is 3. The van der Waals surface area contributed by atoms with Crippen molar-refractivity contribution in [3.8, 4) is 0 Å². The van der Waals surface area contributed by atoms with Crippen molar-refractivity contribution in [3.05, 3.63) is 47.7 Å². The van der Waals surface area contributed by atoms with Crippen LogP contribution in [0.1, 0.15) is 12.0 Å². The van der Waals surface area contributed by atoms with Gasteiger partial charge in [0.05, 0.1) is 19.2 Å². The third kappa shape index (κ3) is 4.06. The average Bonchev–Trinajstić information content (AvgIpc) is 3.26. The molecule has 0 bridgehead atoms. The second kappa shape index (κ2) is 8.07. The normalized spacial score (nSPS) is 15.1. The first kappa shape index (κ1) is 18.6. The minimum atomic E-state index is -0.399. The highest BCUT2D eigenvalue weighted by atomic mass is 16.5. The number of carbonyl (C=O) groups excluding carboxylic acids is 2. The molecule has 0 aliphatic carbocycles. The number of ether oxygens (including phenoxy) is 1. The molecule has 0 radical (unpaired) electrons. The van der Waals surface area contributed by atoms with E-state index in [4.69, 9.17) is 4.74 Å². The zero-order valence-electron chi connectivity index (χ0n) is 15.7. The zero-order valence-corrected chi connectivity index (χ0v) is 15.7. The first-order valence-electron chi connectivity index (χ1n) is 8.99. The molecule has 0 saturated carbocycles. The van der Waals surface area contributed by atoms with Crippen LogP contribution in [0.2, 0.25) is 0 Å². The van der Waals surface area contributed by atoms with Gasteiger partial charge in [-0.1, -0.05) is 18.2 Å². The van der Waals surface area contributed by atoms with Crippen molar-refractivity contribution >= 4 is 41.1 Å². The van der Waals surface area contributed by atoms with Gasteiger partial charge in [0.1, 0.15) is 0 Å². The lowest BCUT2D eigenvalue weighted by Gasteiger charge is -2.10. The molecule has 2 amide bonds. The highest BCUT2D eigenvalue weighted by Gasteiger charge is 2.24. The fourth-order valence-corrected chi connectivity index (χ4v) is 2.88. The van der Waals surface area contributed by atoms with Crippen molar-refractivity contribution in [3.63, 3.8) is 0 Å². The molecule has 10 nitrogen and oxygen atoms in total. The Labute approximate surface area is 166 Å². The van der Waals surface area contributed by atoms with E-state index in [0.717, 1.165) is 5.69 Å². The molecule has 0 spiro atoms. The maximum Gasteiger partial charge on any atom is 0.254 e. The van der Waals surface area contributed by atoms with Crippen molar-refractivity contribution in [2.75, 3.05) is 30.9 Å². The van der Waals surface area contributed by atoms with Gasteiger partial charge in [0.2, 0.25) is 17.8 Å². The summed E-state index contributed by atoms with van der Waals surface area (Å²) < 4.78 is 6.61. The van der Waals surface area contributed by atoms with Crippen LogP contribution in [0.15, 0.2) is 42.1 Å². The second-order valence-electron chi connectivity index (χ2n) is 6.34. The molecular formula is C19H19N7O3. The smallest absolute Gasteiger partial charge is 0.254 e. The molecule has 0 unspecified atom stereocenters. The molecule has 1 aromatic carbocycles. The number of imide groups is 1. The van der Waals surface area contributed by atoms with E-state index < -0.39 is 5.91 Å². The third-order valence-corrected chi connectivity index (χ3v) is 4.24. The predicted octanol–water partition coefficient (Wildman–Crippen LogP) is 1.36. The van der Waals surface area contributed by atoms with Gasteiger partial charge in [-0.2, -0.15) is 19.6 Å². The first-order chi connectivity index (χ1) is 14.1. The lowest BCUT2D eigenvalue weighted by molar-refractivity contribution is -0.124. The SMILES string of the molecule is COCCNc1nc(Nc2ccccc2)n2ncc(C=C3CC(=O)NC3=O)c2n1. The van der Waals surface area contributed by atoms with Crippen LogP contribution in [0.3, 0.4) is 0 Å². The number of fused-ring (bicyclic) bond motifs is 1. The predicted molar refractivity (Wildman–Crippen MR) is 107 cm³/mol. The molecule has 1 aliphatic rings. The van der Waals surface area contributed by atoms with E-state index >= 15 is 0 Å². The zero-order chi connectivity index (χ0) is 20.2. The van der Waals surface area contributed by atoms with E-state index in [-0.39, 0.29) is 12.3 Å². The van der Waals surface area contributed by atoms with Crippen molar-refractivity contribution in [2.24, 2.45) is 0 Å². The van der Waals surface area contributed by atoms with E-state index in [0.29, 0.717) is 41.8 Å². The van der Waals surface area contributed by atoms with Gasteiger partial charge in [0.25, 0.3) is 5.91 Å². The Morgan fingerprint density at radius 3 is 2.79 bits per heavy atom. The summed E-state index contributed by atoms with van der Waals surface area (Å²) in [5.41, 5.74) is 2.32. The van der Waals surface area contributed by atoms with Gasteiger partial charge < -0.3 is 15.4 Å². The van der Waals surface area contributed by atoms with E-state index in [1.807, 2.05) is 30.3 Å².